The van der Waals surface area contributed by atoms with Crippen LogP contribution >= 0.6 is 0 Å². The average molecular weight is 170 g/mol. The number of carbonyl (C=O) groups is 1. The Bertz CT molecular complexity index is 184. The van der Waals surface area contributed by atoms with Gasteiger partial charge in [0, 0.05) is 6.42 Å². The lowest BCUT2D eigenvalue weighted by Crippen LogP contribution is -2.44. The minimum Gasteiger partial charge on any atom is -0.469 e. The van der Waals surface area contributed by atoms with Crippen LogP contribution in [0.2, 0.25) is 0 Å². The van der Waals surface area contributed by atoms with Crippen LogP contribution in [0.25, 0.3) is 0 Å². The van der Waals surface area contributed by atoms with E-state index in [1.165, 1.54) is 13.5 Å². The van der Waals surface area contributed by atoms with Crippen LogP contribution in [0.15, 0.2) is 0 Å². The molecule has 0 N–H and O–H groups in total. The summed E-state index contributed by atoms with van der Waals surface area (Å²) in [6.45, 7) is 6.71. The first-order valence-corrected chi connectivity index (χ1v) is 4.55. The molecule has 0 spiro atoms. The summed E-state index contributed by atoms with van der Waals surface area (Å²) in [6, 6.07) is 0. The summed E-state index contributed by atoms with van der Waals surface area (Å²) in [7, 11) is 1.46. The van der Waals surface area contributed by atoms with Gasteiger partial charge in [-0.3, -0.25) is 4.79 Å². The van der Waals surface area contributed by atoms with Crippen molar-refractivity contribution in [3.63, 3.8) is 0 Å². The SMILES string of the molecule is COC(=O)CC1CC(C)C1(C)C. The van der Waals surface area contributed by atoms with E-state index in [9.17, 15) is 4.79 Å². The number of ether oxygens (including phenoxy) is 1. The Hall–Kier alpha value is -0.530. The first kappa shape index (κ1) is 9.56. The molecule has 0 radical (unpaired) electrons. The molecule has 2 atom stereocenters. The predicted octanol–water partition coefficient (Wildman–Crippen LogP) is 2.23. The van der Waals surface area contributed by atoms with Gasteiger partial charge in [-0.25, -0.2) is 0 Å². The molecule has 1 aliphatic carbocycles. The van der Waals surface area contributed by atoms with Gasteiger partial charge in [0.2, 0.25) is 0 Å². The van der Waals surface area contributed by atoms with Crippen molar-refractivity contribution in [1.29, 1.82) is 0 Å². The largest absolute Gasteiger partial charge is 0.469 e. The number of esters is 1. The second-order valence-corrected chi connectivity index (χ2v) is 4.44. The highest BCUT2D eigenvalue weighted by molar-refractivity contribution is 5.69. The number of methoxy groups -OCH3 is 1. The van der Waals surface area contributed by atoms with E-state index in [2.05, 4.69) is 25.5 Å². The van der Waals surface area contributed by atoms with E-state index in [0.29, 0.717) is 17.8 Å². The first-order chi connectivity index (χ1) is 5.48. The van der Waals surface area contributed by atoms with E-state index in [4.69, 9.17) is 0 Å². The Balaban J connectivity index is 2.42. The molecule has 1 rings (SSSR count). The topological polar surface area (TPSA) is 26.3 Å². The number of hydrogen-bond donors (Lipinski definition) is 0. The number of rotatable bonds is 2. The fraction of sp³-hybridized carbons (Fsp3) is 0.900. The van der Waals surface area contributed by atoms with Gasteiger partial charge in [-0.1, -0.05) is 20.8 Å². The van der Waals surface area contributed by atoms with E-state index in [-0.39, 0.29) is 5.97 Å². The second kappa shape index (κ2) is 3.08. The fourth-order valence-corrected chi connectivity index (χ4v) is 1.91. The summed E-state index contributed by atoms with van der Waals surface area (Å²) < 4.78 is 4.65. The minimum absolute atomic E-state index is 0.0695. The Morgan fingerprint density at radius 2 is 2.17 bits per heavy atom. The summed E-state index contributed by atoms with van der Waals surface area (Å²) >= 11 is 0. The van der Waals surface area contributed by atoms with Gasteiger partial charge in [-0.15, -0.1) is 0 Å². The molecule has 1 fully saturated rings. The molecule has 0 aliphatic heterocycles. The van der Waals surface area contributed by atoms with E-state index in [0.717, 1.165) is 5.92 Å². The molecule has 70 valence electrons. The summed E-state index contributed by atoms with van der Waals surface area (Å²) in [5.41, 5.74) is 0.328. The van der Waals surface area contributed by atoms with Crippen LogP contribution in [0.4, 0.5) is 0 Å². The van der Waals surface area contributed by atoms with E-state index in [1.54, 1.807) is 0 Å². The quantitative estimate of drug-likeness (QED) is 0.594. The lowest BCUT2D eigenvalue weighted by molar-refractivity contribution is -0.146. The van der Waals surface area contributed by atoms with Crippen molar-refractivity contribution in [2.45, 2.75) is 33.6 Å². The molecule has 1 saturated carbocycles. The third-order valence-electron chi connectivity index (χ3n) is 3.60. The van der Waals surface area contributed by atoms with Crippen molar-refractivity contribution in [3.05, 3.63) is 0 Å². The molecular formula is C10H18O2. The fourth-order valence-electron chi connectivity index (χ4n) is 1.91. The van der Waals surface area contributed by atoms with Crippen molar-refractivity contribution in [1.82, 2.24) is 0 Å². The zero-order valence-electron chi connectivity index (χ0n) is 8.39. The van der Waals surface area contributed by atoms with Gasteiger partial charge in [0.1, 0.15) is 0 Å². The zero-order valence-corrected chi connectivity index (χ0v) is 8.39. The maximum atomic E-state index is 11.0. The molecule has 0 aromatic heterocycles. The Labute approximate surface area is 74.3 Å². The maximum absolute atomic E-state index is 11.0. The third kappa shape index (κ3) is 1.47. The summed E-state index contributed by atoms with van der Waals surface area (Å²) in [5, 5.41) is 0. The molecule has 0 saturated heterocycles. The molecule has 0 amide bonds. The first-order valence-electron chi connectivity index (χ1n) is 4.55. The maximum Gasteiger partial charge on any atom is 0.305 e. The van der Waals surface area contributed by atoms with Gasteiger partial charge in [-0.05, 0) is 23.7 Å². The van der Waals surface area contributed by atoms with E-state index >= 15 is 0 Å². The molecule has 2 heteroatoms. The second-order valence-electron chi connectivity index (χ2n) is 4.44. The smallest absolute Gasteiger partial charge is 0.305 e. The summed E-state index contributed by atoms with van der Waals surface area (Å²) in [4.78, 5) is 11.0. The van der Waals surface area contributed by atoms with E-state index in [1.807, 2.05) is 0 Å². The highest BCUT2D eigenvalue weighted by atomic mass is 16.5. The van der Waals surface area contributed by atoms with Crippen LogP contribution in [0.3, 0.4) is 0 Å². The molecule has 0 aromatic rings. The molecule has 0 aromatic carbocycles. The molecule has 2 nitrogen and oxygen atoms in total. The summed E-state index contributed by atoms with van der Waals surface area (Å²) in [5.74, 6) is 1.20. The lowest BCUT2D eigenvalue weighted by Gasteiger charge is -2.50. The van der Waals surface area contributed by atoms with Gasteiger partial charge in [-0.2, -0.15) is 0 Å². The standard InChI is InChI=1S/C10H18O2/c1-7-5-8(10(7,2)3)6-9(11)12-4/h7-8H,5-6H2,1-4H3. The summed E-state index contributed by atoms with van der Waals surface area (Å²) in [6.07, 6.45) is 1.76. The number of carbonyl (C=O) groups excluding carboxylic acids is 1. The van der Waals surface area contributed by atoms with Gasteiger partial charge >= 0.3 is 5.97 Å². The highest BCUT2D eigenvalue weighted by Gasteiger charge is 2.45. The van der Waals surface area contributed by atoms with Crippen LogP contribution in [0.5, 0.6) is 0 Å². The monoisotopic (exact) mass is 170 g/mol. The molecule has 0 heterocycles. The molecule has 0 bridgehead atoms. The van der Waals surface area contributed by atoms with Crippen LogP contribution in [-0.4, -0.2) is 13.1 Å². The van der Waals surface area contributed by atoms with E-state index < -0.39 is 0 Å². The van der Waals surface area contributed by atoms with Crippen molar-refractivity contribution < 1.29 is 9.53 Å². The molecule has 12 heavy (non-hydrogen) atoms. The number of hydrogen-bond acceptors (Lipinski definition) is 2. The van der Waals surface area contributed by atoms with Gasteiger partial charge in [0.15, 0.2) is 0 Å². The van der Waals surface area contributed by atoms with Crippen molar-refractivity contribution in [2.24, 2.45) is 17.3 Å². The third-order valence-corrected chi connectivity index (χ3v) is 3.60. The Morgan fingerprint density at radius 1 is 1.58 bits per heavy atom. The van der Waals surface area contributed by atoms with Gasteiger partial charge in [0.05, 0.1) is 7.11 Å². The zero-order chi connectivity index (χ0) is 9.35. The van der Waals surface area contributed by atoms with Crippen molar-refractivity contribution in [3.8, 4) is 0 Å². The normalized spacial score (nSPS) is 32.3. The van der Waals surface area contributed by atoms with Crippen LogP contribution < -0.4 is 0 Å². The highest BCUT2D eigenvalue weighted by Crippen LogP contribution is 2.52. The predicted molar refractivity (Wildman–Crippen MR) is 47.7 cm³/mol. The Kier molecular flexibility index (Phi) is 2.45. The molecule has 1 aliphatic rings. The van der Waals surface area contributed by atoms with Crippen LogP contribution in [0, 0.1) is 17.3 Å². The van der Waals surface area contributed by atoms with Gasteiger partial charge in [0.25, 0.3) is 0 Å². The molecule has 2 unspecified atom stereocenters. The van der Waals surface area contributed by atoms with Crippen molar-refractivity contribution in [2.75, 3.05) is 7.11 Å². The average Bonchev–Trinajstić information content (AvgIpc) is 2.03. The Morgan fingerprint density at radius 3 is 2.50 bits per heavy atom. The van der Waals surface area contributed by atoms with Gasteiger partial charge < -0.3 is 4.74 Å². The van der Waals surface area contributed by atoms with Crippen LogP contribution in [-0.2, 0) is 9.53 Å². The lowest BCUT2D eigenvalue weighted by atomic mass is 9.54. The van der Waals surface area contributed by atoms with Crippen LogP contribution in [0.1, 0.15) is 33.6 Å². The van der Waals surface area contributed by atoms with Crippen molar-refractivity contribution >= 4 is 5.97 Å². The molecular weight excluding hydrogens is 152 g/mol. The minimum atomic E-state index is -0.0695.